The van der Waals surface area contributed by atoms with Gasteiger partial charge in [-0.2, -0.15) is 0 Å². The van der Waals surface area contributed by atoms with Crippen LogP contribution in [-0.2, 0) is 16.0 Å². The summed E-state index contributed by atoms with van der Waals surface area (Å²) in [6.45, 7) is 7.11. The zero-order chi connectivity index (χ0) is 14.6. The molecular formula is C15H25NO4. The molecule has 0 aliphatic carbocycles. The maximum Gasteiger partial charge on any atom is 0.117 e. The molecule has 0 aliphatic rings. The van der Waals surface area contributed by atoms with Crippen LogP contribution in [0.25, 0.3) is 0 Å². The highest BCUT2D eigenvalue weighted by Crippen LogP contribution is 2.07. The zero-order valence-electron chi connectivity index (χ0n) is 12.2. The summed E-state index contributed by atoms with van der Waals surface area (Å²) in [5.41, 5.74) is 0. The van der Waals surface area contributed by atoms with Crippen LogP contribution in [0.15, 0.2) is 35.5 Å². The molecule has 5 nitrogen and oxygen atoms in total. The molecule has 0 spiro atoms. The molecule has 0 bridgehead atoms. The van der Waals surface area contributed by atoms with Gasteiger partial charge < -0.3 is 19.0 Å². The van der Waals surface area contributed by atoms with Crippen LogP contribution in [0.4, 0.5) is 0 Å². The Labute approximate surface area is 120 Å². The Morgan fingerprint density at radius 1 is 1.55 bits per heavy atom. The molecule has 0 saturated heterocycles. The van der Waals surface area contributed by atoms with Crippen LogP contribution >= 0.6 is 0 Å². The molecule has 0 aliphatic heterocycles. The Bertz CT molecular complexity index is 340. The van der Waals surface area contributed by atoms with Crippen LogP contribution in [0.2, 0.25) is 0 Å². The average Bonchev–Trinajstić information content (AvgIpc) is 2.92. The second-order valence-corrected chi connectivity index (χ2v) is 4.64. The zero-order valence-corrected chi connectivity index (χ0v) is 12.2. The smallest absolute Gasteiger partial charge is 0.117 e. The van der Waals surface area contributed by atoms with Crippen molar-refractivity contribution in [3.8, 4) is 0 Å². The molecule has 0 radical (unpaired) electrons. The highest BCUT2D eigenvalue weighted by Gasteiger charge is 2.13. The van der Waals surface area contributed by atoms with Gasteiger partial charge in [-0.15, -0.1) is 6.58 Å². The van der Waals surface area contributed by atoms with E-state index in [1.54, 1.807) is 19.4 Å². The second-order valence-electron chi connectivity index (χ2n) is 4.64. The average molecular weight is 283 g/mol. The van der Waals surface area contributed by atoms with E-state index in [1.807, 2.05) is 12.1 Å². The van der Waals surface area contributed by atoms with Crippen molar-refractivity contribution in [3.63, 3.8) is 0 Å². The monoisotopic (exact) mass is 283 g/mol. The van der Waals surface area contributed by atoms with Crippen LogP contribution in [-0.4, -0.2) is 56.1 Å². The standard InChI is InChI=1S/C15H25NO4/c1-3-8-19-13-14(17)11-16(7-5-9-18-2)12-15-6-4-10-20-15/h3-4,6,10,14,17H,1,5,7-9,11-13H2,2H3/t14-/m0/s1. The Morgan fingerprint density at radius 3 is 3.05 bits per heavy atom. The second kappa shape index (κ2) is 10.6. The maximum absolute atomic E-state index is 9.97. The Balaban J connectivity index is 2.37. The van der Waals surface area contributed by atoms with E-state index >= 15 is 0 Å². The van der Waals surface area contributed by atoms with E-state index in [4.69, 9.17) is 13.9 Å². The molecule has 1 aromatic rings. The van der Waals surface area contributed by atoms with E-state index < -0.39 is 6.10 Å². The molecule has 5 heteroatoms. The minimum absolute atomic E-state index is 0.310. The van der Waals surface area contributed by atoms with E-state index in [0.29, 0.717) is 32.9 Å². The first-order chi connectivity index (χ1) is 9.76. The molecule has 114 valence electrons. The summed E-state index contributed by atoms with van der Waals surface area (Å²) in [6, 6.07) is 3.80. The van der Waals surface area contributed by atoms with Crippen molar-refractivity contribution in [1.82, 2.24) is 4.90 Å². The fourth-order valence-corrected chi connectivity index (χ4v) is 1.93. The SMILES string of the molecule is C=CCOC[C@@H](O)CN(CCCOC)Cc1ccco1. The number of hydrogen-bond acceptors (Lipinski definition) is 5. The number of nitrogens with zero attached hydrogens (tertiary/aromatic N) is 1. The van der Waals surface area contributed by atoms with Crippen LogP contribution in [0.3, 0.4) is 0 Å². The summed E-state index contributed by atoms with van der Waals surface area (Å²) < 4.78 is 15.7. The van der Waals surface area contributed by atoms with Gasteiger partial charge in [-0.3, -0.25) is 4.90 Å². The van der Waals surface area contributed by atoms with Crippen molar-refractivity contribution >= 4 is 0 Å². The molecule has 0 fully saturated rings. The molecule has 1 atom stereocenters. The van der Waals surface area contributed by atoms with Gasteiger partial charge in [-0.05, 0) is 18.6 Å². The summed E-state index contributed by atoms with van der Waals surface area (Å²) in [5, 5.41) is 9.97. The minimum atomic E-state index is -0.521. The third-order valence-corrected chi connectivity index (χ3v) is 2.80. The number of aliphatic hydroxyl groups is 1. The van der Waals surface area contributed by atoms with E-state index in [2.05, 4.69) is 11.5 Å². The molecule has 0 amide bonds. The minimum Gasteiger partial charge on any atom is -0.468 e. The quantitative estimate of drug-likeness (QED) is 0.467. The van der Waals surface area contributed by atoms with E-state index in [0.717, 1.165) is 18.7 Å². The lowest BCUT2D eigenvalue weighted by Gasteiger charge is -2.24. The van der Waals surface area contributed by atoms with Crippen LogP contribution in [0, 0.1) is 0 Å². The van der Waals surface area contributed by atoms with E-state index in [9.17, 15) is 5.11 Å². The van der Waals surface area contributed by atoms with Crippen LogP contribution in [0.5, 0.6) is 0 Å². The van der Waals surface area contributed by atoms with Gasteiger partial charge in [0.1, 0.15) is 5.76 Å². The first-order valence-corrected chi connectivity index (χ1v) is 6.86. The molecule has 1 N–H and O–H groups in total. The number of methoxy groups -OCH3 is 1. The largest absolute Gasteiger partial charge is 0.468 e. The van der Waals surface area contributed by atoms with Gasteiger partial charge in [0.25, 0.3) is 0 Å². The lowest BCUT2D eigenvalue weighted by atomic mass is 10.3. The third-order valence-electron chi connectivity index (χ3n) is 2.80. The highest BCUT2D eigenvalue weighted by molar-refractivity contribution is 4.97. The highest BCUT2D eigenvalue weighted by atomic mass is 16.5. The van der Waals surface area contributed by atoms with E-state index in [-0.39, 0.29) is 0 Å². The topological polar surface area (TPSA) is 55.1 Å². The van der Waals surface area contributed by atoms with Gasteiger partial charge in [0.2, 0.25) is 0 Å². The molecule has 0 aromatic carbocycles. The lowest BCUT2D eigenvalue weighted by Crippen LogP contribution is -2.35. The Hall–Kier alpha value is -1.14. The van der Waals surface area contributed by atoms with Gasteiger partial charge in [0.05, 0.1) is 32.1 Å². The predicted molar refractivity (Wildman–Crippen MR) is 77.5 cm³/mol. The van der Waals surface area contributed by atoms with Gasteiger partial charge >= 0.3 is 0 Å². The first-order valence-electron chi connectivity index (χ1n) is 6.86. The summed E-state index contributed by atoms with van der Waals surface area (Å²) in [4.78, 5) is 2.14. The summed E-state index contributed by atoms with van der Waals surface area (Å²) in [7, 11) is 1.69. The number of ether oxygens (including phenoxy) is 2. The molecule has 1 heterocycles. The van der Waals surface area contributed by atoms with E-state index in [1.165, 1.54) is 0 Å². The number of aliphatic hydroxyl groups excluding tert-OH is 1. The van der Waals surface area contributed by atoms with Crippen LogP contribution in [0.1, 0.15) is 12.2 Å². The van der Waals surface area contributed by atoms with Gasteiger partial charge in [0.15, 0.2) is 0 Å². The molecule has 1 rings (SSSR count). The number of hydrogen-bond donors (Lipinski definition) is 1. The predicted octanol–water partition coefficient (Wildman–Crippen LogP) is 1.68. The van der Waals surface area contributed by atoms with Crippen molar-refractivity contribution in [2.75, 3.05) is 40.0 Å². The fraction of sp³-hybridized carbons (Fsp3) is 0.600. The van der Waals surface area contributed by atoms with Crippen molar-refractivity contribution in [3.05, 3.63) is 36.8 Å². The van der Waals surface area contributed by atoms with Crippen molar-refractivity contribution < 1.29 is 19.0 Å². The Kier molecular flexibility index (Phi) is 8.98. The first kappa shape index (κ1) is 16.9. The van der Waals surface area contributed by atoms with Crippen LogP contribution < -0.4 is 0 Å². The van der Waals surface area contributed by atoms with Crippen molar-refractivity contribution in [2.45, 2.75) is 19.1 Å². The molecule has 0 saturated carbocycles. The molecule has 0 unspecified atom stereocenters. The number of furan rings is 1. The van der Waals surface area contributed by atoms with Gasteiger partial charge in [-0.1, -0.05) is 6.08 Å². The van der Waals surface area contributed by atoms with Crippen molar-refractivity contribution in [2.24, 2.45) is 0 Å². The normalized spacial score (nSPS) is 12.8. The number of rotatable bonds is 12. The molecule has 20 heavy (non-hydrogen) atoms. The van der Waals surface area contributed by atoms with Gasteiger partial charge in [-0.25, -0.2) is 0 Å². The lowest BCUT2D eigenvalue weighted by molar-refractivity contribution is 0.0217. The Morgan fingerprint density at radius 2 is 2.40 bits per heavy atom. The maximum atomic E-state index is 9.97. The molecule has 1 aromatic heterocycles. The summed E-state index contributed by atoms with van der Waals surface area (Å²) in [6.07, 6.45) is 3.72. The molecular weight excluding hydrogens is 258 g/mol. The fourth-order valence-electron chi connectivity index (χ4n) is 1.93. The van der Waals surface area contributed by atoms with Crippen molar-refractivity contribution in [1.29, 1.82) is 0 Å². The van der Waals surface area contributed by atoms with Gasteiger partial charge in [0, 0.05) is 26.8 Å². The third kappa shape index (κ3) is 7.45. The summed E-state index contributed by atoms with van der Waals surface area (Å²) in [5.74, 6) is 0.890. The summed E-state index contributed by atoms with van der Waals surface area (Å²) >= 11 is 0.